The van der Waals surface area contributed by atoms with Crippen molar-refractivity contribution in [2.24, 2.45) is 12.0 Å². The summed E-state index contributed by atoms with van der Waals surface area (Å²) in [7, 11) is 3.75. The van der Waals surface area contributed by atoms with Gasteiger partial charge in [-0.25, -0.2) is 0 Å². The largest absolute Gasteiger partial charge is 0.356 e. The van der Waals surface area contributed by atoms with Gasteiger partial charge in [-0.3, -0.25) is 9.67 Å². The van der Waals surface area contributed by atoms with E-state index in [1.165, 1.54) is 31.2 Å². The Labute approximate surface area is 177 Å². The van der Waals surface area contributed by atoms with Gasteiger partial charge in [0.25, 0.3) is 0 Å². The van der Waals surface area contributed by atoms with Crippen LogP contribution >= 0.6 is 35.6 Å². The van der Waals surface area contributed by atoms with Gasteiger partial charge in [0.15, 0.2) is 5.96 Å². The van der Waals surface area contributed by atoms with Crippen LogP contribution in [0.3, 0.4) is 0 Å². The van der Waals surface area contributed by atoms with E-state index in [0.717, 1.165) is 23.2 Å². The van der Waals surface area contributed by atoms with Crippen molar-refractivity contribution in [2.75, 3.05) is 13.6 Å². The summed E-state index contributed by atoms with van der Waals surface area (Å²) in [4.78, 5) is 4.36. The van der Waals surface area contributed by atoms with Crippen LogP contribution in [0.5, 0.6) is 0 Å². The van der Waals surface area contributed by atoms with Crippen LogP contribution in [0.4, 0.5) is 0 Å². The number of halogens is 2. The molecule has 0 saturated heterocycles. The summed E-state index contributed by atoms with van der Waals surface area (Å²) in [5.41, 5.74) is 2.65. The summed E-state index contributed by atoms with van der Waals surface area (Å²) < 4.78 is 1.87. The number of hydrogen-bond acceptors (Lipinski definition) is 2. The molecule has 26 heavy (non-hydrogen) atoms. The molecule has 1 aromatic heterocycles. The molecule has 0 unspecified atom stereocenters. The van der Waals surface area contributed by atoms with E-state index in [-0.39, 0.29) is 29.4 Å². The molecule has 1 aliphatic rings. The van der Waals surface area contributed by atoms with Crippen LogP contribution in [-0.2, 0) is 19.0 Å². The van der Waals surface area contributed by atoms with Gasteiger partial charge in [-0.1, -0.05) is 36.6 Å². The fraction of sp³-hybridized carbons (Fsp3) is 0.474. The van der Waals surface area contributed by atoms with Crippen LogP contribution < -0.4 is 10.6 Å². The third-order valence-electron chi connectivity index (χ3n) is 5.19. The summed E-state index contributed by atoms with van der Waals surface area (Å²) in [6, 6.07) is 10.3. The number of rotatable bonds is 5. The Morgan fingerprint density at radius 1 is 1.19 bits per heavy atom. The van der Waals surface area contributed by atoms with Gasteiger partial charge in [-0.05, 0) is 36.6 Å². The highest BCUT2D eigenvalue weighted by molar-refractivity contribution is 14.0. The fourth-order valence-electron chi connectivity index (χ4n) is 3.65. The number of benzene rings is 1. The third kappa shape index (κ3) is 4.91. The van der Waals surface area contributed by atoms with Gasteiger partial charge in [0.05, 0.1) is 12.2 Å². The number of aliphatic imine (C=N–C) groups is 1. The average Bonchev–Trinajstić information content (AvgIpc) is 3.26. The Bertz CT molecular complexity index is 720. The lowest BCUT2D eigenvalue weighted by Crippen LogP contribution is -2.44. The van der Waals surface area contributed by atoms with Gasteiger partial charge in [0.1, 0.15) is 0 Å². The normalized spacial score (nSPS) is 16.2. The minimum absolute atomic E-state index is 0. The van der Waals surface area contributed by atoms with Crippen molar-refractivity contribution in [1.29, 1.82) is 0 Å². The molecule has 1 aromatic carbocycles. The number of aromatic nitrogens is 2. The summed E-state index contributed by atoms with van der Waals surface area (Å²) in [6.45, 7) is 1.57. The molecular weight excluding hydrogens is 461 g/mol. The summed E-state index contributed by atoms with van der Waals surface area (Å²) in [5, 5.41) is 11.9. The van der Waals surface area contributed by atoms with Gasteiger partial charge in [-0.2, -0.15) is 5.10 Å². The lowest BCUT2D eigenvalue weighted by molar-refractivity contribution is 0.431. The number of guanidine groups is 1. The number of aryl methyl sites for hydroxylation is 1. The first-order valence-electron chi connectivity index (χ1n) is 8.80. The second-order valence-electron chi connectivity index (χ2n) is 6.72. The molecule has 1 saturated carbocycles. The quantitative estimate of drug-likeness (QED) is 0.382. The Morgan fingerprint density at radius 3 is 2.46 bits per heavy atom. The molecule has 7 heteroatoms. The Morgan fingerprint density at radius 2 is 1.88 bits per heavy atom. The second-order valence-corrected chi connectivity index (χ2v) is 7.16. The third-order valence-corrected chi connectivity index (χ3v) is 5.45. The zero-order chi connectivity index (χ0) is 17.7. The van der Waals surface area contributed by atoms with E-state index in [9.17, 15) is 0 Å². The highest BCUT2D eigenvalue weighted by Gasteiger charge is 2.35. The van der Waals surface area contributed by atoms with Crippen molar-refractivity contribution in [3.05, 3.63) is 52.8 Å². The molecule has 0 atom stereocenters. The van der Waals surface area contributed by atoms with Gasteiger partial charge in [0, 0.05) is 37.3 Å². The molecule has 1 heterocycles. The van der Waals surface area contributed by atoms with Crippen LogP contribution in [0.2, 0.25) is 5.02 Å². The van der Waals surface area contributed by atoms with Gasteiger partial charge in [-0.15, -0.1) is 24.0 Å². The molecular formula is C19H27ClIN5. The van der Waals surface area contributed by atoms with Crippen LogP contribution in [0.1, 0.15) is 36.9 Å². The zero-order valence-electron chi connectivity index (χ0n) is 15.3. The SMILES string of the molecule is CN=C(NCc1ccnn1C)NCC1(c2ccc(Cl)cc2)CCCC1.I. The smallest absolute Gasteiger partial charge is 0.191 e. The first-order chi connectivity index (χ1) is 12.1. The predicted molar refractivity (Wildman–Crippen MR) is 118 cm³/mol. The maximum absolute atomic E-state index is 6.06. The molecule has 0 amide bonds. The van der Waals surface area contributed by atoms with Crippen molar-refractivity contribution < 1.29 is 0 Å². The van der Waals surface area contributed by atoms with E-state index in [2.05, 4.69) is 32.9 Å². The first-order valence-corrected chi connectivity index (χ1v) is 9.18. The molecule has 0 radical (unpaired) electrons. The molecule has 0 spiro atoms. The second kappa shape index (κ2) is 9.60. The average molecular weight is 488 g/mol. The van der Waals surface area contributed by atoms with E-state index in [4.69, 9.17) is 11.6 Å². The van der Waals surface area contributed by atoms with Gasteiger partial charge in [0.2, 0.25) is 0 Å². The maximum Gasteiger partial charge on any atom is 0.191 e. The van der Waals surface area contributed by atoms with E-state index in [1.54, 1.807) is 6.20 Å². The Balaban J connectivity index is 0.00000243. The zero-order valence-corrected chi connectivity index (χ0v) is 18.4. The Kier molecular flexibility index (Phi) is 7.76. The minimum Gasteiger partial charge on any atom is -0.356 e. The van der Waals surface area contributed by atoms with Crippen LogP contribution in [0.25, 0.3) is 0 Å². The number of hydrogen-bond donors (Lipinski definition) is 2. The van der Waals surface area contributed by atoms with E-state index in [1.807, 2.05) is 37.0 Å². The van der Waals surface area contributed by atoms with Gasteiger partial charge < -0.3 is 10.6 Å². The lowest BCUT2D eigenvalue weighted by atomic mass is 9.79. The van der Waals surface area contributed by atoms with E-state index in [0.29, 0.717) is 6.54 Å². The monoisotopic (exact) mass is 487 g/mol. The minimum atomic E-state index is 0. The molecule has 1 aliphatic carbocycles. The lowest BCUT2D eigenvalue weighted by Gasteiger charge is -2.31. The number of nitrogens with zero attached hydrogens (tertiary/aromatic N) is 3. The van der Waals surface area contributed by atoms with Crippen molar-refractivity contribution in [3.63, 3.8) is 0 Å². The summed E-state index contributed by atoms with van der Waals surface area (Å²) >= 11 is 6.06. The molecule has 2 N–H and O–H groups in total. The number of nitrogens with one attached hydrogen (secondary N) is 2. The molecule has 5 nitrogen and oxygen atoms in total. The van der Waals surface area contributed by atoms with Crippen LogP contribution in [-0.4, -0.2) is 29.3 Å². The fourth-order valence-corrected chi connectivity index (χ4v) is 3.77. The van der Waals surface area contributed by atoms with E-state index >= 15 is 0 Å². The predicted octanol–water partition coefficient (Wildman–Crippen LogP) is 3.87. The van der Waals surface area contributed by atoms with E-state index < -0.39 is 0 Å². The first kappa shape index (κ1) is 21.0. The van der Waals surface area contributed by atoms with Crippen molar-refractivity contribution in [1.82, 2.24) is 20.4 Å². The molecule has 1 fully saturated rings. The molecule has 0 aliphatic heterocycles. The topological polar surface area (TPSA) is 54.2 Å². The highest BCUT2D eigenvalue weighted by Crippen LogP contribution is 2.40. The highest BCUT2D eigenvalue weighted by atomic mass is 127. The van der Waals surface area contributed by atoms with Gasteiger partial charge >= 0.3 is 0 Å². The van der Waals surface area contributed by atoms with Crippen molar-refractivity contribution >= 4 is 41.5 Å². The van der Waals surface area contributed by atoms with Crippen molar-refractivity contribution in [3.8, 4) is 0 Å². The molecule has 2 aromatic rings. The molecule has 0 bridgehead atoms. The van der Waals surface area contributed by atoms with Crippen molar-refractivity contribution in [2.45, 2.75) is 37.6 Å². The Hall–Kier alpha value is -1.28. The standard InChI is InChI=1S/C19H26ClN5.HI/c1-21-18(22-13-17-9-12-24-25(17)2)23-14-19(10-3-4-11-19)15-5-7-16(20)8-6-15;/h5-9,12H,3-4,10-11,13-14H2,1-2H3,(H2,21,22,23);1H. The maximum atomic E-state index is 6.06. The van der Waals surface area contributed by atoms with Crippen LogP contribution in [0.15, 0.2) is 41.5 Å². The molecule has 142 valence electrons. The summed E-state index contributed by atoms with van der Waals surface area (Å²) in [5.74, 6) is 0.821. The van der Waals surface area contributed by atoms with Crippen LogP contribution in [0, 0.1) is 0 Å². The molecule has 3 rings (SSSR count). The summed E-state index contributed by atoms with van der Waals surface area (Å²) in [6.07, 6.45) is 6.73.